The number of hydrogen-bond donors (Lipinski definition) is 1. The predicted molar refractivity (Wildman–Crippen MR) is 52.9 cm³/mol. The Labute approximate surface area is 79.2 Å². The molecule has 0 unspecified atom stereocenters. The third kappa shape index (κ3) is 2.22. The highest BCUT2D eigenvalue weighted by Crippen LogP contribution is 2.23. The van der Waals surface area contributed by atoms with E-state index in [1.54, 1.807) is 7.11 Å². The third-order valence-electron chi connectivity index (χ3n) is 2.26. The molecule has 0 saturated carbocycles. The van der Waals surface area contributed by atoms with Crippen molar-refractivity contribution >= 4 is 0 Å². The van der Waals surface area contributed by atoms with E-state index in [1.165, 1.54) is 0 Å². The number of phenols is 1. The Morgan fingerprint density at radius 2 is 2.08 bits per heavy atom. The molecule has 0 aliphatic heterocycles. The molecule has 0 bridgehead atoms. The lowest BCUT2D eigenvalue weighted by molar-refractivity contribution is 0.184. The molecule has 0 amide bonds. The first-order chi connectivity index (χ1) is 6.19. The third-order valence-corrected chi connectivity index (χ3v) is 2.26. The van der Waals surface area contributed by atoms with E-state index in [4.69, 9.17) is 4.74 Å². The molecule has 0 fully saturated rings. The maximum atomic E-state index is 9.58. The summed E-state index contributed by atoms with van der Waals surface area (Å²) in [6.07, 6.45) is 0.935. The van der Waals surface area contributed by atoms with E-state index in [1.807, 2.05) is 13.0 Å². The number of benzene rings is 1. The molecule has 13 heavy (non-hydrogen) atoms. The molecule has 0 aliphatic rings. The molecule has 0 aromatic heterocycles. The average molecular weight is 180 g/mol. The summed E-state index contributed by atoms with van der Waals surface area (Å²) in [4.78, 5) is 0. The van der Waals surface area contributed by atoms with Crippen molar-refractivity contribution in [2.45, 2.75) is 26.9 Å². The lowest BCUT2D eigenvalue weighted by Crippen LogP contribution is -1.94. The molecule has 0 aliphatic carbocycles. The first-order valence-corrected chi connectivity index (χ1v) is 4.49. The molecule has 1 aromatic carbocycles. The first kappa shape index (κ1) is 10.1. The first-order valence-electron chi connectivity index (χ1n) is 4.49. The predicted octanol–water partition coefficient (Wildman–Crippen LogP) is 2.41. The van der Waals surface area contributed by atoms with Crippen LogP contribution in [0.1, 0.15) is 23.6 Å². The topological polar surface area (TPSA) is 29.5 Å². The minimum Gasteiger partial charge on any atom is -0.508 e. The highest BCUT2D eigenvalue weighted by molar-refractivity contribution is 5.41. The SMILES string of the molecule is CCc1cc(O)c(C)c(COC)c1. The van der Waals surface area contributed by atoms with Crippen molar-refractivity contribution in [1.82, 2.24) is 0 Å². The normalized spacial score (nSPS) is 10.4. The summed E-state index contributed by atoms with van der Waals surface area (Å²) in [6.45, 7) is 4.54. The van der Waals surface area contributed by atoms with Crippen LogP contribution in [0.5, 0.6) is 5.75 Å². The average Bonchev–Trinajstić information content (AvgIpc) is 2.13. The fraction of sp³-hybridized carbons (Fsp3) is 0.455. The zero-order valence-corrected chi connectivity index (χ0v) is 8.42. The van der Waals surface area contributed by atoms with E-state index in [-0.39, 0.29) is 0 Å². The van der Waals surface area contributed by atoms with Gasteiger partial charge >= 0.3 is 0 Å². The molecule has 0 radical (unpaired) electrons. The molecule has 72 valence electrons. The van der Waals surface area contributed by atoms with Crippen LogP contribution in [0.15, 0.2) is 12.1 Å². The van der Waals surface area contributed by atoms with E-state index in [9.17, 15) is 5.11 Å². The number of hydrogen-bond acceptors (Lipinski definition) is 2. The van der Waals surface area contributed by atoms with Gasteiger partial charge in [0.15, 0.2) is 0 Å². The summed E-state index contributed by atoms with van der Waals surface area (Å²) in [6, 6.07) is 3.90. The zero-order valence-electron chi connectivity index (χ0n) is 8.42. The Bertz CT molecular complexity index is 292. The lowest BCUT2D eigenvalue weighted by atomic mass is 10.0. The van der Waals surface area contributed by atoms with Crippen LogP contribution in [0.4, 0.5) is 0 Å². The summed E-state index contributed by atoms with van der Waals surface area (Å²) in [5.41, 5.74) is 3.13. The number of rotatable bonds is 3. The van der Waals surface area contributed by atoms with Crippen molar-refractivity contribution in [3.8, 4) is 5.75 Å². The molecule has 1 aromatic rings. The van der Waals surface area contributed by atoms with Crippen molar-refractivity contribution in [1.29, 1.82) is 0 Å². The van der Waals surface area contributed by atoms with Gasteiger partial charge in [0.2, 0.25) is 0 Å². The quantitative estimate of drug-likeness (QED) is 0.774. The number of methoxy groups -OCH3 is 1. The standard InChI is InChI=1S/C11H16O2/c1-4-9-5-10(7-13-3)8(2)11(12)6-9/h5-6,12H,4,7H2,1-3H3. The fourth-order valence-corrected chi connectivity index (χ4v) is 1.33. The van der Waals surface area contributed by atoms with Gasteiger partial charge in [-0.2, -0.15) is 0 Å². The molecule has 0 spiro atoms. The number of ether oxygens (including phenoxy) is 1. The van der Waals surface area contributed by atoms with Gasteiger partial charge in [-0.3, -0.25) is 0 Å². The van der Waals surface area contributed by atoms with Crippen LogP contribution >= 0.6 is 0 Å². The zero-order chi connectivity index (χ0) is 9.84. The van der Waals surface area contributed by atoms with Crippen molar-refractivity contribution in [3.05, 3.63) is 28.8 Å². The number of aryl methyl sites for hydroxylation is 1. The molecular formula is C11H16O2. The largest absolute Gasteiger partial charge is 0.508 e. The van der Waals surface area contributed by atoms with Crippen LogP contribution in [0.25, 0.3) is 0 Å². The Hall–Kier alpha value is -1.02. The Morgan fingerprint density at radius 3 is 2.62 bits per heavy atom. The van der Waals surface area contributed by atoms with Crippen LogP contribution in [-0.4, -0.2) is 12.2 Å². The smallest absolute Gasteiger partial charge is 0.119 e. The highest BCUT2D eigenvalue weighted by Gasteiger charge is 2.04. The van der Waals surface area contributed by atoms with Gasteiger partial charge in [-0.25, -0.2) is 0 Å². The summed E-state index contributed by atoms with van der Waals surface area (Å²) >= 11 is 0. The van der Waals surface area contributed by atoms with E-state index in [2.05, 4.69) is 13.0 Å². The lowest BCUT2D eigenvalue weighted by Gasteiger charge is -2.09. The van der Waals surface area contributed by atoms with E-state index in [0.29, 0.717) is 12.4 Å². The second-order valence-corrected chi connectivity index (χ2v) is 3.19. The fourth-order valence-electron chi connectivity index (χ4n) is 1.33. The van der Waals surface area contributed by atoms with Crippen LogP contribution in [0, 0.1) is 6.92 Å². The van der Waals surface area contributed by atoms with E-state index in [0.717, 1.165) is 23.1 Å². The van der Waals surface area contributed by atoms with Crippen molar-refractivity contribution in [2.75, 3.05) is 7.11 Å². The van der Waals surface area contributed by atoms with Gasteiger partial charge in [0.05, 0.1) is 6.61 Å². The molecule has 0 heterocycles. The molecule has 1 rings (SSSR count). The van der Waals surface area contributed by atoms with Crippen molar-refractivity contribution < 1.29 is 9.84 Å². The molecule has 2 nitrogen and oxygen atoms in total. The van der Waals surface area contributed by atoms with E-state index >= 15 is 0 Å². The molecule has 0 saturated heterocycles. The summed E-state index contributed by atoms with van der Waals surface area (Å²) in [5, 5.41) is 9.58. The van der Waals surface area contributed by atoms with Gasteiger partial charge in [-0.15, -0.1) is 0 Å². The summed E-state index contributed by atoms with van der Waals surface area (Å²) < 4.78 is 5.05. The van der Waals surface area contributed by atoms with E-state index < -0.39 is 0 Å². The van der Waals surface area contributed by atoms with Crippen LogP contribution in [0.3, 0.4) is 0 Å². The molecule has 1 N–H and O–H groups in total. The van der Waals surface area contributed by atoms with Gasteiger partial charge < -0.3 is 9.84 Å². The Balaban J connectivity index is 3.09. The number of phenolic OH excluding ortho intramolecular Hbond substituents is 1. The maximum absolute atomic E-state index is 9.58. The molecule has 2 heteroatoms. The minimum absolute atomic E-state index is 0.367. The Morgan fingerprint density at radius 1 is 1.38 bits per heavy atom. The van der Waals surface area contributed by atoms with Gasteiger partial charge in [0.1, 0.15) is 5.75 Å². The van der Waals surface area contributed by atoms with Crippen LogP contribution in [0.2, 0.25) is 0 Å². The second-order valence-electron chi connectivity index (χ2n) is 3.19. The van der Waals surface area contributed by atoms with Crippen molar-refractivity contribution in [2.24, 2.45) is 0 Å². The monoisotopic (exact) mass is 180 g/mol. The molecular weight excluding hydrogens is 164 g/mol. The second kappa shape index (κ2) is 4.28. The van der Waals surface area contributed by atoms with Crippen LogP contribution in [-0.2, 0) is 17.8 Å². The Kier molecular flexibility index (Phi) is 3.32. The minimum atomic E-state index is 0.367. The molecule has 0 atom stereocenters. The van der Waals surface area contributed by atoms with Crippen LogP contribution < -0.4 is 0 Å². The number of aromatic hydroxyl groups is 1. The van der Waals surface area contributed by atoms with Crippen molar-refractivity contribution in [3.63, 3.8) is 0 Å². The van der Waals surface area contributed by atoms with Gasteiger partial charge in [0.25, 0.3) is 0 Å². The van der Waals surface area contributed by atoms with Gasteiger partial charge in [0, 0.05) is 7.11 Å². The van der Waals surface area contributed by atoms with Gasteiger partial charge in [-0.1, -0.05) is 13.0 Å². The highest BCUT2D eigenvalue weighted by atomic mass is 16.5. The summed E-state index contributed by atoms with van der Waals surface area (Å²) in [7, 11) is 1.66. The maximum Gasteiger partial charge on any atom is 0.119 e. The van der Waals surface area contributed by atoms with Gasteiger partial charge in [-0.05, 0) is 36.1 Å². The summed E-state index contributed by atoms with van der Waals surface area (Å²) in [5.74, 6) is 0.367.